The third-order valence-electron chi connectivity index (χ3n) is 3.70. The predicted octanol–water partition coefficient (Wildman–Crippen LogP) is 2.76. The number of rotatable bonds is 5. The Balaban J connectivity index is 0.00000220. The molecule has 0 aromatic carbocycles. The minimum absolute atomic E-state index is 0. The zero-order valence-electron chi connectivity index (χ0n) is 13.0. The normalized spacial score (nSPS) is 19.9. The molecule has 1 aliphatic rings. The summed E-state index contributed by atoms with van der Waals surface area (Å²) in [5.41, 5.74) is 0. The first-order valence-electron chi connectivity index (χ1n) is 7.47. The summed E-state index contributed by atoms with van der Waals surface area (Å²) in [5, 5.41) is 8.85. The summed E-state index contributed by atoms with van der Waals surface area (Å²) in [4.78, 5) is 8.15. The monoisotopic (exact) mass is 422 g/mol. The number of aliphatic imine (C=N–C) groups is 1. The Morgan fingerprint density at radius 3 is 3.00 bits per heavy atom. The summed E-state index contributed by atoms with van der Waals surface area (Å²) in [6, 6.07) is 4.22. The lowest BCUT2D eigenvalue weighted by Gasteiger charge is -2.30. The standard InChI is InChI=1S/C15H26N4S.HI/c1-13-5-3-8-19(12-13)9-7-17-15(16-2)18-11-14-6-4-10-20-14;/h4,6,10,13H,3,5,7-9,11-12H2,1-2H3,(H2,16,17,18);1H. The van der Waals surface area contributed by atoms with Crippen molar-refractivity contribution in [1.82, 2.24) is 15.5 Å². The van der Waals surface area contributed by atoms with Crippen LogP contribution in [0.3, 0.4) is 0 Å². The van der Waals surface area contributed by atoms with Gasteiger partial charge >= 0.3 is 0 Å². The van der Waals surface area contributed by atoms with Crippen molar-refractivity contribution in [1.29, 1.82) is 0 Å². The molecule has 1 atom stereocenters. The van der Waals surface area contributed by atoms with Crippen molar-refractivity contribution in [2.75, 3.05) is 33.2 Å². The van der Waals surface area contributed by atoms with E-state index >= 15 is 0 Å². The van der Waals surface area contributed by atoms with Crippen LogP contribution in [-0.4, -0.2) is 44.1 Å². The van der Waals surface area contributed by atoms with Crippen LogP contribution >= 0.6 is 35.3 Å². The molecular formula is C15H27IN4S. The van der Waals surface area contributed by atoms with E-state index in [1.807, 2.05) is 7.05 Å². The number of nitrogens with zero attached hydrogens (tertiary/aromatic N) is 2. The molecule has 0 saturated carbocycles. The number of guanidine groups is 1. The van der Waals surface area contributed by atoms with Gasteiger partial charge in [0.15, 0.2) is 5.96 Å². The molecule has 0 spiro atoms. The molecule has 0 radical (unpaired) electrons. The summed E-state index contributed by atoms with van der Waals surface area (Å²) in [7, 11) is 1.83. The van der Waals surface area contributed by atoms with Gasteiger partial charge < -0.3 is 15.5 Å². The van der Waals surface area contributed by atoms with Gasteiger partial charge in [0.25, 0.3) is 0 Å². The molecule has 0 aliphatic carbocycles. The predicted molar refractivity (Wildman–Crippen MR) is 103 cm³/mol. The topological polar surface area (TPSA) is 39.7 Å². The lowest BCUT2D eigenvalue weighted by Crippen LogP contribution is -2.43. The summed E-state index contributed by atoms with van der Waals surface area (Å²) in [5.74, 6) is 1.74. The van der Waals surface area contributed by atoms with Crippen LogP contribution in [0.4, 0.5) is 0 Å². The number of likely N-dealkylation sites (tertiary alicyclic amines) is 1. The first-order chi connectivity index (χ1) is 9.78. The second-order valence-corrected chi connectivity index (χ2v) is 6.51. The first kappa shape index (κ1) is 18.7. The number of hydrogen-bond acceptors (Lipinski definition) is 3. The van der Waals surface area contributed by atoms with Crippen LogP contribution in [0.25, 0.3) is 0 Å². The van der Waals surface area contributed by atoms with Gasteiger partial charge in [-0.1, -0.05) is 13.0 Å². The van der Waals surface area contributed by atoms with E-state index in [1.165, 1.54) is 30.8 Å². The number of thiophene rings is 1. The van der Waals surface area contributed by atoms with E-state index in [9.17, 15) is 0 Å². The lowest BCUT2D eigenvalue weighted by atomic mass is 10.0. The third-order valence-corrected chi connectivity index (χ3v) is 4.57. The van der Waals surface area contributed by atoms with E-state index in [4.69, 9.17) is 0 Å². The van der Waals surface area contributed by atoms with Crippen LogP contribution in [-0.2, 0) is 6.54 Å². The fourth-order valence-electron chi connectivity index (χ4n) is 2.63. The van der Waals surface area contributed by atoms with E-state index in [2.05, 4.69) is 45.0 Å². The average molecular weight is 422 g/mol. The van der Waals surface area contributed by atoms with Gasteiger partial charge in [-0.2, -0.15) is 0 Å². The van der Waals surface area contributed by atoms with Crippen molar-refractivity contribution >= 4 is 41.3 Å². The highest BCUT2D eigenvalue weighted by Gasteiger charge is 2.15. The summed E-state index contributed by atoms with van der Waals surface area (Å²) in [6.45, 7) is 7.73. The van der Waals surface area contributed by atoms with E-state index < -0.39 is 0 Å². The maximum Gasteiger partial charge on any atom is 0.191 e. The van der Waals surface area contributed by atoms with E-state index in [0.717, 1.165) is 31.5 Å². The number of halogens is 1. The molecule has 1 unspecified atom stereocenters. The first-order valence-corrected chi connectivity index (χ1v) is 8.35. The Kier molecular flexibility index (Phi) is 9.26. The zero-order chi connectivity index (χ0) is 14.2. The maximum absolute atomic E-state index is 4.27. The Bertz CT molecular complexity index is 408. The van der Waals surface area contributed by atoms with Gasteiger partial charge in [0.2, 0.25) is 0 Å². The van der Waals surface area contributed by atoms with Gasteiger partial charge in [0.05, 0.1) is 6.54 Å². The summed E-state index contributed by atoms with van der Waals surface area (Å²) in [6.07, 6.45) is 2.72. The fourth-order valence-corrected chi connectivity index (χ4v) is 3.27. The van der Waals surface area contributed by atoms with Crippen molar-refractivity contribution in [2.24, 2.45) is 10.9 Å². The molecular weight excluding hydrogens is 395 g/mol. The molecule has 2 rings (SSSR count). The molecule has 1 saturated heterocycles. The molecule has 1 fully saturated rings. The van der Waals surface area contributed by atoms with Gasteiger partial charge in [0, 0.05) is 31.6 Å². The molecule has 6 heteroatoms. The molecule has 120 valence electrons. The summed E-state index contributed by atoms with van der Waals surface area (Å²) < 4.78 is 0. The van der Waals surface area contributed by atoms with Crippen LogP contribution in [0.1, 0.15) is 24.6 Å². The summed E-state index contributed by atoms with van der Waals surface area (Å²) >= 11 is 1.77. The van der Waals surface area contributed by atoms with Gasteiger partial charge in [-0.25, -0.2) is 0 Å². The minimum atomic E-state index is 0. The average Bonchev–Trinajstić information content (AvgIpc) is 2.96. The Morgan fingerprint density at radius 1 is 1.48 bits per heavy atom. The molecule has 1 aromatic heterocycles. The van der Waals surface area contributed by atoms with Crippen LogP contribution in [0.15, 0.2) is 22.5 Å². The molecule has 1 aliphatic heterocycles. The Hall–Kier alpha value is -0.340. The molecule has 1 aromatic rings. The number of hydrogen-bond donors (Lipinski definition) is 2. The van der Waals surface area contributed by atoms with Crippen molar-refractivity contribution in [3.8, 4) is 0 Å². The Labute approximate surface area is 149 Å². The van der Waals surface area contributed by atoms with E-state index in [0.29, 0.717) is 0 Å². The molecule has 0 amide bonds. The second-order valence-electron chi connectivity index (χ2n) is 5.48. The van der Waals surface area contributed by atoms with Gasteiger partial charge in [-0.15, -0.1) is 35.3 Å². The molecule has 2 N–H and O–H groups in total. The highest BCUT2D eigenvalue weighted by atomic mass is 127. The molecule has 2 heterocycles. The second kappa shape index (κ2) is 10.4. The highest BCUT2D eigenvalue weighted by molar-refractivity contribution is 14.0. The largest absolute Gasteiger partial charge is 0.355 e. The highest BCUT2D eigenvalue weighted by Crippen LogP contribution is 2.14. The van der Waals surface area contributed by atoms with Crippen LogP contribution in [0.2, 0.25) is 0 Å². The lowest BCUT2D eigenvalue weighted by molar-refractivity contribution is 0.187. The smallest absolute Gasteiger partial charge is 0.191 e. The molecule has 21 heavy (non-hydrogen) atoms. The fraction of sp³-hybridized carbons (Fsp3) is 0.667. The number of piperidine rings is 1. The minimum Gasteiger partial charge on any atom is -0.355 e. The maximum atomic E-state index is 4.27. The third kappa shape index (κ3) is 6.97. The van der Waals surface area contributed by atoms with Crippen molar-refractivity contribution < 1.29 is 0 Å². The molecule has 0 bridgehead atoms. The van der Waals surface area contributed by atoms with Gasteiger partial charge in [-0.05, 0) is 36.8 Å². The zero-order valence-corrected chi connectivity index (χ0v) is 16.1. The molecule has 4 nitrogen and oxygen atoms in total. The Morgan fingerprint density at radius 2 is 2.33 bits per heavy atom. The van der Waals surface area contributed by atoms with Crippen molar-refractivity contribution in [3.05, 3.63) is 22.4 Å². The van der Waals surface area contributed by atoms with Gasteiger partial charge in [0.1, 0.15) is 0 Å². The van der Waals surface area contributed by atoms with Crippen LogP contribution in [0.5, 0.6) is 0 Å². The van der Waals surface area contributed by atoms with E-state index in [-0.39, 0.29) is 24.0 Å². The van der Waals surface area contributed by atoms with Crippen LogP contribution < -0.4 is 10.6 Å². The number of nitrogens with one attached hydrogen (secondary N) is 2. The van der Waals surface area contributed by atoms with Crippen molar-refractivity contribution in [2.45, 2.75) is 26.3 Å². The quantitative estimate of drug-likeness (QED) is 0.436. The SMILES string of the molecule is CN=C(NCCN1CCCC(C)C1)NCc1cccs1.I. The van der Waals surface area contributed by atoms with Gasteiger partial charge in [-0.3, -0.25) is 4.99 Å². The van der Waals surface area contributed by atoms with Crippen molar-refractivity contribution in [3.63, 3.8) is 0 Å². The van der Waals surface area contributed by atoms with Crippen LogP contribution in [0, 0.1) is 5.92 Å². The van der Waals surface area contributed by atoms with E-state index in [1.54, 1.807) is 11.3 Å².